The summed E-state index contributed by atoms with van der Waals surface area (Å²) < 4.78 is 13.6. The van der Waals surface area contributed by atoms with Crippen LogP contribution in [0.25, 0.3) is 0 Å². The van der Waals surface area contributed by atoms with Crippen molar-refractivity contribution in [3.05, 3.63) is 50.4 Å². The quantitative estimate of drug-likeness (QED) is 0.877. The Morgan fingerprint density at radius 2 is 2.06 bits per heavy atom. The minimum Gasteiger partial charge on any atom is -0.365 e. The van der Waals surface area contributed by atoms with E-state index < -0.39 is 11.9 Å². The van der Waals surface area contributed by atoms with Crippen molar-refractivity contribution in [1.29, 1.82) is 5.26 Å². The molecule has 1 heterocycles. The lowest BCUT2D eigenvalue weighted by atomic mass is 10.2. The van der Waals surface area contributed by atoms with Crippen molar-refractivity contribution in [1.82, 2.24) is 0 Å². The fourth-order valence-electron chi connectivity index (χ4n) is 1.40. The van der Waals surface area contributed by atoms with Crippen molar-refractivity contribution in [2.45, 2.75) is 6.04 Å². The van der Waals surface area contributed by atoms with Crippen molar-refractivity contribution < 1.29 is 4.39 Å². The number of hydrogen-bond acceptors (Lipinski definition) is 3. The number of nitrogens with one attached hydrogen (secondary N) is 1. The smallest absolute Gasteiger partial charge is 0.149 e. The van der Waals surface area contributed by atoms with Gasteiger partial charge in [-0.05, 0) is 30.3 Å². The molecule has 2 rings (SSSR count). The van der Waals surface area contributed by atoms with E-state index in [0.29, 0.717) is 10.0 Å². The van der Waals surface area contributed by atoms with E-state index in [-0.39, 0.29) is 5.02 Å². The fraction of sp³-hybridized carbons (Fsp3) is 0.0833. The second-order valence-corrected chi connectivity index (χ2v) is 5.63. The Bertz CT molecular complexity index is 606. The second kappa shape index (κ2) is 5.57. The van der Waals surface area contributed by atoms with E-state index in [1.54, 1.807) is 12.1 Å². The summed E-state index contributed by atoms with van der Waals surface area (Å²) in [7, 11) is 0. The molecule has 0 spiro atoms. The van der Waals surface area contributed by atoms with Gasteiger partial charge in [-0.15, -0.1) is 11.3 Å². The minimum absolute atomic E-state index is 0.0147. The van der Waals surface area contributed by atoms with Crippen LogP contribution in [0.4, 0.5) is 10.1 Å². The molecule has 1 aromatic heterocycles. The van der Waals surface area contributed by atoms with Gasteiger partial charge in [-0.25, -0.2) is 4.39 Å². The SMILES string of the molecule is N#CC(Nc1ccc(F)c(Cl)c1)c1ccc(Cl)s1. The Morgan fingerprint density at radius 1 is 1.28 bits per heavy atom. The van der Waals surface area contributed by atoms with Crippen molar-refractivity contribution in [3.63, 3.8) is 0 Å². The molecule has 2 aromatic rings. The number of halogens is 3. The number of benzene rings is 1. The van der Waals surface area contributed by atoms with E-state index in [9.17, 15) is 4.39 Å². The van der Waals surface area contributed by atoms with Crippen LogP contribution < -0.4 is 5.32 Å². The largest absolute Gasteiger partial charge is 0.365 e. The highest BCUT2D eigenvalue weighted by molar-refractivity contribution is 7.16. The average Bonchev–Trinajstić information content (AvgIpc) is 2.77. The molecule has 0 aliphatic heterocycles. The summed E-state index contributed by atoms with van der Waals surface area (Å²) in [5, 5.41) is 12.1. The van der Waals surface area contributed by atoms with Gasteiger partial charge in [-0.3, -0.25) is 0 Å². The first-order valence-electron chi connectivity index (χ1n) is 4.96. The van der Waals surface area contributed by atoms with Gasteiger partial charge >= 0.3 is 0 Å². The van der Waals surface area contributed by atoms with Gasteiger partial charge in [0.1, 0.15) is 11.9 Å². The summed E-state index contributed by atoms with van der Waals surface area (Å²) in [5.41, 5.74) is 0.581. The Kier molecular flexibility index (Phi) is 4.07. The van der Waals surface area contributed by atoms with Crippen LogP contribution in [0.5, 0.6) is 0 Å². The standard InChI is InChI=1S/C12H7Cl2FN2S/c13-8-5-7(1-2-9(8)15)17-10(6-16)11-3-4-12(14)18-11/h1-5,10,17H. The molecular formula is C12H7Cl2FN2S. The molecule has 6 heteroatoms. The van der Waals surface area contributed by atoms with Crippen LogP contribution in [0.1, 0.15) is 10.9 Å². The molecule has 0 fully saturated rings. The third kappa shape index (κ3) is 2.94. The Balaban J connectivity index is 2.21. The highest BCUT2D eigenvalue weighted by atomic mass is 35.5. The molecule has 0 saturated carbocycles. The highest BCUT2D eigenvalue weighted by Crippen LogP contribution is 2.29. The molecule has 18 heavy (non-hydrogen) atoms. The van der Waals surface area contributed by atoms with Crippen LogP contribution in [0.15, 0.2) is 30.3 Å². The molecule has 0 aliphatic carbocycles. The van der Waals surface area contributed by atoms with Gasteiger partial charge in [0.25, 0.3) is 0 Å². The Labute approximate surface area is 118 Å². The molecular weight excluding hydrogens is 294 g/mol. The third-order valence-corrected chi connectivity index (χ3v) is 3.82. The lowest BCUT2D eigenvalue weighted by molar-refractivity contribution is 0.628. The predicted octanol–water partition coefficient (Wildman–Crippen LogP) is 4.87. The molecule has 0 radical (unpaired) electrons. The Hall–Kier alpha value is -1.28. The number of anilines is 1. The highest BCUT2D eigenvalue weighted by Gasteiger charge is 2.13. The van der Waals surface area contributed by atoms with Crippen LogP contribution in [0, 0.1) is 17.1 Å². The van der Waals surface area contributed by atoms with Gasteiger partial charge in [-0.2, -0.15) is 5.26 Å². The summed E-state index contributed by atoms with van der Waals surface area (Å²) in [6.07, 6.45) is 0. The van der Waals surface area contributed by atoms with E-state index in [4.69, 9.17) is 28.5 Å². The molecule has 1 aromatic carbocycles. The van der Waals surface area contributed by atoms with Crippen LogP contribution in [-0.2, 0) is 0 Å². The maximum absolute atomic E-state index is 13.0. The Morgan fingerprint density at radius 3 is 2.61 bits per heavy atom. The summed E-state index contributed by atoms with van der Waals surface area (Å²) in [6, 6.07) is 9.30. The van der Waals surface area contributed by atoms with E-state index in [2.05, 4.69) is 11.4 Å². The lowest BCUT2D eigenvalue weighted by Crippen LogP contribution is -2.06. The predicted molar refractivity (Wildman–Crippen MR) is 72.7 cm³/mol. The van der Waals surface area contributed by atoms with E-state index >= 15 is 0 Å². The number of rotatable bonds is 3. The van der Waals surface area contributed by atoms with Gasteiger partial charge in [0.15, 0.2) is 0 Å². The van der Waals surface area contributed by atoms with Crippen molar-refractivity contribution in [3.8, 4) is 6.07 Å². The van der Waals surface area contributed by atoms with E-state index in [1.807, 2.05) is 0 Å². The number of hydrogen-bond donors (Lipinski definition) is 1. The normalized spacial score (nSPS) is 11.9. The van der Waals surface area contributed by atoms with Crippen LogP contribution in [-0.4, -0.2) is 0 Å². The maximum atomic E-state index is 13.0. The first kappa shape index (κ1) is 13.2. The third-order valence-electron chi connectivity index (χ3n) is 2.24. The zero-order chi connectivity index (χ0) is 13.1. The van der Waals surface area contributed by atoms with Crippen LogP contribution in [0.3, 0.4) is 0 Å². The van der Waals surface area contributed by atoms with Crippen molar-refractivity contribution in [2.24, 2.45) is 0 Å². The molecule has 1 atom stereocenters. The molecule has 0 saturated heterocycles. The van der Waals surface area contributed by atoms with Gasteiger partial charge in [0, 0.05) is 10.6 Å². The number of thiophene rings is 1. The first-order chi connectivity index (χ1) is 8.60. The second-order valence-electron chi connectivity index (χ2n) is 3.48. The van der Waals surface area contributed by atoms with Crippen LogP contribution >= 0.6 is 34.5 Å². The van der Waals surface area contributed by atoms with Crippen LogP contribution in [0.2, 0.25) is 9.36 Å². The summed E-state index contributed by atoms with van der Waals surface area (Å²) >= 11 is 12.8. The monoisotopic (exact) mass is 300 g/mol. The molecule has 1 N–H and O–H groups in total. The summed E-state index contributed by atoms with van der Waals surface area (Å²) in [6.45, 7) is 0. The molecule has 0 amide bonds. The lowest BCUT2D eigenvalue weighted by Gasteiger charge is -2.11. The average molecular weight is 301 g/mol. The molecule has 2 nitrogen and oxygen atoms in total. The zero-order valence-corrected chi connectivity index (χ0v) is 11.3. The topological polar surface area (TPSA) is 35.8 Å². The maximum Gasteiger partial charge on any atom is 0.149 e. The number of nitrogens with zero attached hydrogens (tertiary/aromatic N) is 1. The molecule has 0 aliphatic rings. The number of nitriles is 1. The van der Waals surface area contributed by atoms with Gasteiger partial charge in [-0.1, -0.05) is 23.2 Å². The fourth-order valence-corrected chi connectivity index (χ4v) is 2.64. The molecule has 0 bridgehead atoms. The molecule has 1 unspecified atom stereocenters. The first-order valence-corrected chi connectivity index (χ1v) is 6.54. The molecule has 92 valence electrons. The zero-order valence-electron chi connectivity index (χ0n) is 8.95. The summed E-state index contributed by atoms with van der Waals surface area (Å²) in [4.78, 5) is 0.794. The van der Waals surface area contributed by atoms with E-state index in [0.717, 1.165) is 4.88 Å². The summed E-state index contributed by atoms with van der Waals surface area (Å²) in [5.74, 6) is -0.491. The van der Waals surface area contributed by atoms with Crippen molar-refractivity contribution >= 4 is 40.2 Å². The van der Waals surface area contributed by atoms with Gasteiger partial charge in [0.05, 0.1) is 15.4 Å². The van der Waals surface area contributed by atoms with Gasteiger partial charge in [0.2, 0.25) is 0 Å². The van der Waals surface area contributed by atoms with E-state index in [1.165, 1.54) is 29.5 Å². The van der Waals surface area contributed by atoms with Gasteiger partial charge < -0.3 is 5.32 Å². The minimum atomic E-state index is -0.538. The van der Waals surface area contributed by atoms with Crippen molar-refractivity contribution in [2.75, 3.05) is 5.32 Å².